The lowest BCUT2D eigenvalue weighted by atomic mass is 10.0. The molecular weight excluding hydrogens is 266 g/mol. The molecule has 1 N–H and O–H groups in total. The van der Waals surface area contributed by atoms with Crippen molar-refractivity contribution in [2.24, 2.45) is 13.0 Å². The van der Waals surface area contributed by atoms with Crippen molar-refractivity contribution < 1.29 is 19.4 Å². The zero-order valence-electron chi connectivity index (χ0n) is 11.1. The summed E-state index contributed by atoms with van der Waals surface area (Å²) in [5.74, 6) is -2.19. The van der Waals surface area contributed by atoms with E-state index in [1.54, 1.807) is 0 Å². The molecule has 1 aliphatic rings. The van der Waals surface area contributed by atoms with Gasteiger partial charge in [-0.2, -0.15) is 5.10 Å². The van der Waals surface area contributed by atoms with Crippen LogP contribution in [-0.2, 0) is 16.6 Å². The summed E-state index contributed by atoms with van der Waals surface area (Å²) >= 11 is 0. The molecule has 0 spiro atoms. The van der Waals surface area contributed by atoms with Crippen LogP contribution in [0.2, 0.25) is 0 Å². The molecule has 1 aliphatic heterocycles. The van der Waals surface area contributed by atoms with Gasteiger partial charge in [0.25, 0.3) is 11.5 Å². The van der Waals surface area contributed by atoms with Gasteiger partial charge >= 0.3 is 5.97 Å². The van der Waals surface area contributed by atoms with Gasteiger partial charge in [0.05, 0.1) is 19.3 Å². The van der Waals surface area contributed by atoms with E-state index in [0.29, 0.717) is 0 Å². The Morgan fingerprint density at radius 3 is 2.75 bits per heavy atom. The molecule has 1 aromatic heterocycles. The molecule has 1 saturated heterocycles. The molecule has 0 aliphatic carbocycles. The number of amides is 1. The van der Waals surface area contributed by atoms with Crippen molar-refractivity contribution in [3.63, 3.8) is 0 Å². The Kier molecular flexibility index (Phi) is 3.84. The van der Waals surface area contributed by atoms with Gasteiger partial charge in [0.2, 0.25) is 0 Å². The Morgan fingerprint density at radius 1 is 1.45 bits per heavy atom. The number of carbonyl (C=O) groups excluding carboxylic acids is 1. The van der Waals surface area contributed by atoms with E-state index in [2.05, 4.69) is 5.10 Å². The fourth-order valence-corrected chi connectivity index (χ4v) is 2.11. The van der Waals surface area contributed by atoms with Crippen LogP contribution >= 0.6 is 0 Å². The van der Waals surface area contributed by atoms with Gasteiger partial charge in [0, 0.05) is 20.2 Å². The molecule has 8 heteroatoms. The first-order valence-corrected chi connectivity index (χ1v) is 6.04. The van der Waals surface area contributed by atoms with Crippen LogP contribution in [0.4, 0.5) is 0 Å². The molecule has 2 unspecified atom stereocenters. The molecule has 8 nitrogen and oxygen atoms in total. The number of hydrogen-bond acceptors (Lipinski definition) is 5. The van der Waals surface area contributed by atoms with Crippen molar-refractivity contribution in [2.75, 3.05) is 20.3 Å². The van der Waals surface area contributed by atoms with Crippen molar-refractivity contribution in [1.29, 1.82) is 0 Å². The van der Waals surface area contributed by atoms with E-state index in [9.17, 15) is 14.4 Å². The maximum absolute atomic E-state index is 12.3. The minimum Gasteiger partial charge on any atom is -0.481 e. The zero-order chi connectivity index (χ0) is 14.9. The van der Waals surface area contributed by atoms with Gasteiger partial charge < -0.3 is 14.7 Å². The summed E-state index contributed by atoms with van der Waals surface area (Å²) in [7, 11) is 2.95. The fraction of sp³-hybridized carbons (Fsp3) is 0.500. The van der Waals surface area contributed by atoms with E-state index in [-0.39, 0.29) is 24.5 Å². The Morgan fingerprint density at radius 2 is 2.15 bits per heavy atom. The number of nitrogens with zero attached hydrogens (tertiary/aromatic N) is 3. The number of ether oxygens (including phenoxy) is 1. The van der Waals surface area contributed by atoms with Crippen LogP contribution in [0.5, 0.6) is 0 Å². The van der Waals surface area contributed by atoms with Gasteiger partial charge in [-0.1, -0.05) is 0 Å². The van der Waals surface area contributed by atoms with Crippen LogP contribution in [-0.4, -0.2) is 58.0 Å². The lowest BCUT2D eigenvalue weighted by molar-refractivity contribution is -0.142. The first kappa shape index (κ1) is 14.2. The second-order valence-electron chi connectivity index (χ2n) is 4.65. The van der Waals surface area contributed by atoms with Gasteiger partial charge in [-0.3, -0.25) is 14.4 Å². The highest BCUT2D eigenvalue weighted by molar-refractivity contribution is 5.92. The van der Waals surface area contributed by atoms with Crippen molar-refractivity contribution >= 4 is 11.9 Å². The predicted molar refractivity (Wildman–Crippen MR) is 67.3 cm³/mol. The average Bonchev–Trinajstić information content (AvgIpc) is 2.89. The first-order chi connectivity index (χ1) is 9.41. The highest BCUT2D eigenvalue weighted by Crippen LogP contribution is 2.20. The van der Waals surface area contributed by atoms with Crippen LogP contribution < -0.4 is 5.56 Å². The van der Waals surface area contributed by atoms with Crippen LogP contribution in [0.3, 0.4) is 0 Å². The van der Waals surface area contributed by atoms with E-state index in [1.807, 2.05) is 0 Å². The third kappa shape index (κ3) is 2.55. The number of aliphatic carboxylic acids is 1. The lowest BCUT2D eigenvalue weighted by Crippen LogP contribution is -2.44. The molecule has 20 heavy (non-hydrogen) atoms. The Hall–Kier alpha value is -2.22. The summed E-state index contributed by atoms with van der Waals surface area (Å²) in [5.41, 5.74) is -0.234. The molecule has 2 heterocycles. The highest BCUT2D eigenvalue weighted by atomic mass is 16.5. The Bertz CT molecular complexity index is 597. The maximum Gasteiger partial charge on any atom is 0.311 e. The second-order valence-corrected chi connectivity index (χ2v) is 4.65. The number of likely N-dealkylation sites (N-methyl/N-ethyl adjacent to an activating group) is 1. The smallest absolute Gasteiger partial charge is 0.311 e. The van der Waals surface area contributed by atoms with Crippen molar-refractivity contribution in [1.82, 2.24) is 14.7 Å². The zero-order valence-corrected chi connectivity index (χ0v) is 11.1. The van der Waals surface area contributed by atoms with Gasteiger partial charge in [0.1, 0.15) is 11.6 Å². The number of carbonyl (C=O) groups is 2. The third-order valence-corrected chi connectivity index (χ3v) is 3.37. The van der Waals surface area contributed by atoms with E-state index in [1.165, 1.54) is 31.1 Å². The van der Waals surface area contributed by atoms with Crippen LogP contribution in [0, 0.1) is 5.92 Å². The summed E-state index contributed by atoms with van der Waals surface area (Å²) in [6.07, 6.45) is 0. The van der Waals surface area contributed by atoms with Crippen LogP contribution in [0.25, 0.3) is 0 Å². The van der Waals surface area contributed by atoms with E-state index in [0.717, 1.165) is 4.68 Å². The molecular formula is C12H15N3O5. The number of hydrogen-bond donors (Lipinski definition) is 1. The molecule has 1 amide bonds. The van der Waals surface area contributed by atoms with Crippen molar-refractivity contribution in [3.8, 4) is 0 Å². The number of carboxylic acid groups (broad SMARTS) is 1. The molecule has 108 valence electrons. The largest absolute Gasteiger partial charge is 0.481 e. The summed E-state index contributed by atoms with van der Waals surface area (Å²) in [6.45, 7) is 0.253. The summed E-state index contributed by atoms with van der Waals surface area (Å²) in [6, 6.07) is 2.03. The topological polar surface area (TPSA) is 102 Å². The van der Waals surface area contributed by atoms with Gasteiger partial charge in [-0.05, 0) is 6.07 Å². The Balaban J connectivity index is 2.21. The third-order valence-electron chi connectivity index (χ3n) is 3.37. The quantitative estimate of drug-likeness (QED) is 0.758. The highest BCUT2D eigenvalue weighted by Gasteiger charge is 2.39. The standard InChI is InChI=1S/C12H15N3O5/c1-14(9-6-20-5-7(9)12(18)19)11(17)8-3-4-10(16)15(2)13-8/h3-4,7,9H,5-6H2,1-2H3,(H,18,19). The Labute approximate surface area is 114 Å². The minimum absolute atomic E-state index is 0.0817. The molecule has 2 atom stereocenters. The molecule has 0 saturated carbocycles. The van der Waals surface area contributed by atoms with Crippen molar-refractivity contribution in [2.45, 2.75) is 6.04 Å². The van der Waals surface area contributed by atoms with Crippen LogP contribution in [0.15, 0.2) is 16.9 Å². The minimum atomic E-state index is -0.999. The number of aryl methyl sites for hydroxylation is 1. The van der Waals surface area contributed by atoms with Crippen molar-refractivity contribution in [3.05, 3.63) is 28.2 Å². The number of carboxylic acids is 1. The monoisotopic (exact) mass is 281 g/mol. The molecule has 1 fully saturated rings. The molecule has 1 aromatic rings. The SMILES string of the molecule is CN(C(=O)c1ccc(=O)n(C)n1)C1COCC1C(=O)O. The fourth-order valence-electron chi connectivity index (χ4n) is 2.11. The molecule has 0 radical (unpaired) electrons. The predicted octanol–water partition coefficient (Wildman–Crippen LogP) is -1.05. The molecule has 0 bridgehead atoms. The van der Waals surface area contributed by atoms with Crippen LogP contribution in [0.1, 0.15) is 10.5 Å². The molecule has 2 rings (SSSR count). The first-order valence-electron chi connectivity index (χ1n) is 6.04. The summed E-state index contributed by atoms with van der Waals surface area (Å²) in [5, 5.41) is 12.9. The summed E-state index contributed by atoms with van der Waals surface area (Å²) < 4.78 is 6.19. The molecule has 0 aromatic carbocycles. The van der Waals surface area contributed by atoms with E-state index >= 15 is 0 Å². The van der Waals surface area contributed by atoms with Gasteiger partial charge in [-0.15, -0.1) is 0 Å². The number of aromatic nitrogens is 2. The van der Waals surface area contributed by atoms with E-state index < -0.39 is 23.8 Å². The van der Waals surface area contributed by atoms with Gasteiger partial charge in [-0.25, -0.2) is 4.68 Å². The van der Waals surface area contributed by atoms with Gasteiger partial charge in [0.15, 0.2) is 0 Å². The number of rotatable bonds is 3. The average molecular weight is 281 g/mol. The summed E-state index contributed by atoms with van der Waals surface area (Å²) in [4.78, 5) is 35.9. The second kappa shape index (κ2) is 5.41. The normalized spacial score (nSPS) is 21.7. The maximum atomic E-state index is 12.3. The van der Waals surface area contributed by atoms with E-state index in [4.69, 9.17) is 9.84 Å². The lowest BCUT2D eigenvalue weighted by Gasteiger charge is -2.25.